The monoisotopic (exact) mass is 281 g/mol. The van der Waals surface area contributed by atoms with Gasteiger partial charge >= 0.3 is 6.09 Å². The van der Waals surface area contributed by atoms with Gasteiger partial charge in [0.2, 0.25) is 0 Å². The standard InChI is InChI=1S/C16H27NO3/c1-3-16(2,13-11-12-7-8-14(13)19-12)20-15(18)17-9-5-4-6-10-17/h12-14H,3-11H2,1-2H3. The largest absolute Gasteiger partial charge is 0.443 e. The van der Waals surface area contributed by atoms with Gasteiger partial charge in [-0.05, 0) is 51.9 Å². The number of hydrogen-bond donors (Lipinski definition) is 0. The van der Waals surface area contributed by atoms with E-state index in [0.29, 0.717) is 18.1 Å². The van der Waals surface area contributed by atoms with Gasteiger partial charge in [-0.3, -0.25) is 0 Å². The maximum absolute atomic E-state index is 12.4. The predicted octanol–water partition coefficient (Wildman–Crippen LogP) is 3.35. The zero-order valence-electron chi connectivity index (χ0n) is 12.8. The summed E-state index contributed by atoms with van der Waals surface area (Å²) >= 11 is 0. The molecule has 0 saturated carbocycles. The van der Waals surface area contributed by atoms with Crippen LogP contribution in [-0.4, -0.2) is 41.9 Å². The third kappa shape index (κ3) is 2.54. The summed E-state index contributed by atoms with van der Waals surface area (Å²) in [6.07, 6.45) is 8.28. The van der Waals surface area contributed by atoms with Crippen molar-refractivity contribution in [2.24, 2.45) is 5.92 Å². The van der Waals surface area contributed by atoms with Crippen molar-refractivity contribution >= 4 is 6.09 Å². The summed E-state index contributed by atoms with van der Waals surface area (Å²) in [6.45, 7) is 5.93. The highest BCUT2D eigenvalue weighted by molar-refractivity contribution is 5.68. The molecule has 4 nitrogen and oxygen atoms in total. The van der Waals surface area contributed by atoms with Crippen LogP contribution in [0.25, 0.3) is 0 Å². The minimum absolute atomic E-state index is 0.114. The molecule has 0 aliphatic carbocycles. The molecule has 1 amide bonds. The lowest BCUT2D eigenvalue weighted by Crippen LogP contribution is -2.47. The number of amides is 1. The minimum atomic E-state index is -0.367. The first kappa shape index (κ1) is 14.2. The van der Waals surface area contributed by atoms with Crippen LogP contribution in [0.4, 0.5) is 4.79 Å². The van der Waals surface area contributed by atoms with Gasteiger partial charge in [-0.2, -0.15) is 0 Å². The Hall–Kier alpha value is -0.770. The molecule has 3 aliphatic rings. The van der Waals surface area contributed by atoms with Gasteiger partial charge in [-0.25, -0.2) is 4.79 Å². The topological polar surface area (TPSA) is 38.8 Å². The van der Waals surface area contributed by atoms with Crippen LogP contribution < -0.4 is 0 Å². The van der Waals surface area contributed by atoms with E-state index >= 15 is 0 Å². The molecule has 0 aromatic carbocycles. The fourth-order valence-electron chi connectivity index (χ4n) is 4.03. The van der Waals surface area contributed by atoms with E-state index < -0.39 is 0 Å². The Bertz CT molecular complexity index is 367. The molecule has 0 N–H and O–H groups in total. The molecule has 4 unspecified atom stereocenters. The van der Waals surface area contributed by atoms with Crippen LogP contribution in [0.2, 0.25) is 0 Å². The summed E-state index contributed by atoms with van der Waals surface area (Å²) in [6, 6.07) is 0. The molecule has 0 radical (unpaired) electrons. The fraction of sp³-hybridized carbons (Fsp3) is 0.938. The van der Waals surface area contributed by atoms with Gasteiger partial charge in [0.25, 0.3) is 0 Å². The number of piperidine rings is 1. The van der Waals surface area contributed by atoms with Crippen LogP contribution >= 0.6 is 0 Å². The molecular weight excluding hydrogens is 254 g/mol. The van der Waals surface area contributed by atoms with E-state index in [0.717, 1.165) is 45.2 Å². The van der Waals surface area contributed by atoms with E-state index in [1.807, 2.05) is 4.90 Å². The quantitative estimate of drug-likeness (QED) is 0.796. The normalized spacial score (nSPS) is 35.9. The maximum Gasteiger partial charge on any atom is 0.410 e. The zero-order valence-corrected chi connectivity index (χ0v) is 12.8. The molecule has 20 heavy (non-hydrogen) atoms. The van der Waals surface area contributed by atoms with Gasteiger partial charge < -0.3 is 14.4 Å². The lowest BCUT2D eigenvalue weighted by atomic mass is 9.76. The van der Waals surface area contributed by atoms with Crippen molar-refractivity contribution in [1.29, 1.82) is 0 Å². The maximum atomic E-state index is 12.4. The first-order chi connectivity index (χ1) is 9.62. The average Bonchev–Trinajstić information content (AvgIpc) is 3.11. The average molecular weight is 281 g/mol. The Kier molecular flexibility index (Phi) is 3.93. The van der Waals surface area contributed by atoms with Crippen LogP contribution in [0.5, 0.6) is 0 Å². The van der Waals surface area contributed by atoms with Gasteiger partial charge in [0.05, 0.1) is 12.2 Å². The number of likely N-dealkylation sites (tertiary alicyclic amines) is 1. The summed E-state index contributed by atoms with van der Waals surface area (Å²) in [5, 5.41) is 0. The van der Waals surface area contributed by atoms with Crippen LogP contribution in [0.1, 0.15) is 58.8 Å². The molecule has 4 atom stereocenters. The van der Waals surface area contributed by atoms with E-state index in [9.17, 15) is 4.79 Å². The molecule has 2 bridgehead atoms. The van der Waals surface area contributed by atoms with Gasteiger partial charge in [0.1, 0.15) is 5.60 Å². The molecule has 4 heteroatoms. The second-order valence-electron chi connectivity index (χ2n) is 6.80. The summed E-state index contributed by atoms with van der Waals surface area (Å²) in [5.41, 5.74) is -0.367. The van der Waals surface area contributed by atoms with Gasteiger partial charge in [-0.15, -0.1) is 0 Å². The highest BCUT2D eigenvalue weighted by Gasteiger charge is 2.51. The van der Waals surface area contributed by atoms with Crippen molar-refractivity contribution in [2.75, 3.05) is 13.1 Å². The highest BCUT2D eigenvalue weighted by atomic mass is 16.6. The van der Waals surface area contributed by atoms with E-state index in [1.165, 1.54) is 12.8 Å². The number of nitrogens with zero attached hydrogens (tertiary/aromatic N) is 1. The molecule has 3 aliphatic heterocycles. The third-order valence-electron chi connectivity index (χ3n) is 5.53. The Morgan fingerprint density at radius 3 is 2.60 bits per heavy atom. The van der Waals surface area contributed by atoms with Crippen LogP contribution in [0.3, 0.4) is 0 Å². The van der Waals surface area contributed by atoms with E-state index in [2.05, 4.69) is 13.8 Å². The van der Waals surface area contributed by atoms with Gasteiger partial charge in [0, 0.05) is 19.0 Å². The van der Waals surface area contributed by atoms with Crippen molar-refractivity contribution < 1.29 is 14.3 Å². The summed E-state index contributed by atoms with van der Waals surface area (Å²) in [7, 11) is 0. The smallest absolute Gasteiger partial charge is 0.410 e. The van der Waals surface area contributed by atoms with Crippen molar-refractivity contribution in [1.82, 2.24) is 4.90 Å². The van der Waals surface area contributed by atoms with Crippen molar-refractivity contribution in [3.63, 3.8) is 0 Å². The number of carbonyl (C=O) groups excluding carboxylic acids is 1. The lowest BCUT2D eigenvalue weighted by molar-refractivity contribution is -0.0600. The molecule has 0 aromatic heterocycles. The van der Waals surface area contributed by atoms with E-state index in [1.54, 1.807) is 0 Å². The second kappa shape index (κ2) is 5.55. The lowest BCUT2D eigenvalue weighted by Gasteiger charge is -2.39. The summed E-state index contributed by atoms with van der Waals surface area (Å²) in [5.74, 6) is 0.375. The summed E-state index contributed by atoms with van der Waals surface area (Å²) in [4.78, 5) is 14.3. The van der Waals surface area contributed by atoms with Crippen LogP contribution in [0.15, 0.2) is 0 Å². The fourth-order valence-corrected chi connectivity index (χ4v) is 4.03. The Morgan fingerprint density at radius 1 is 1.30 bits per heavy atom. The first-order valence-corrected chi connectivity index (χ1v) is 8.26. The summed E-state index contributed by atoms with van der Waals surface area (Å²) < 4.78 is 11.9. The number of ether oxygens (including phenoxy) is 2. The molecular formula is C16H27NO3. The number of rotatable bonds is 3. The van der Waals surface area contributed by atoms with Gasteiger partial charge in [0.15, 0.2) is 0 Å². The molecule has 0 aromatic rings. The Morgan fingerprint density at radius 2 is 2.05 bits per heavy atom. The SMILES string of the molecule is CCC(C)(OC(=O)N1CCCCC1)C1CC2CCC1O2. The van der Waals surface area contributed by atoms with Crippen molar-refractivity contribution in [3.05, 3.63) is 0 Å². The van der Waals surface area contributed by atoms with Crippen molar-refractivity contribution in [2.45, 2.75) is 76.6 Å². The number of carbonyl (C=O) groups is 1. The molecule has 3 heterocycles. The Balaban J connectivity index is 1.64. The third-order valence-corrected chi connectivity index (χ3v) is 5.53. The molecule has 3 rings (SSSR count). The molecule has 3 fully saturated rings. The van der Waals surface area contributed by atoms with Crippen molar-refractivity contribution in [3.8, 4) is 0 Å². The number of fused-ring (bicyclic) bond motifs is 2. The zero-order chi connectivity index (χ0) is 14.2. The molecule has 114 valence electrons. The van der Waals surface area contributed by atoms with E-state index in [-0.39, 0.29) is 11.7 Å². The van der Waals surface area contributed by atoms with Crippen LogP contribution in [-0.2, 0) is 9.47 Å². The number of hydrogen-bond acceptors (Lipinski definition) is 3. The van der Waals surface area contributed by atoms with Gasteiger partial charge in [-0.1, -0.05) is 6.92 Å². The molecule has 0 spiro atoms. The Labute approximate surface area is 121 Å². The van der Waals surface area contributed by atoms with Crippen LogP contribution in [0, 0.1) is 5.92 Å². The van der Waals surface area contributed by atoms with E-state index in [4.69, 9.17) is 9.47 Å². The predicted molar refractivity (Wildman–Crippen MR) is 76.6 cm³/mol. The first-order valence-electron chi connectivity index (χ1n) is 8.26. The minimum Gasteiger partial charge on any atom is -0.443 e. The highest BCUT2D eigenvalue weighted by Crippen LogP contribution is 2.46. The second-order valence-corrected chi connectivity index (χ2v) is 6.80. The molecule has 3 saturated heterocycles.